The number of benzene rings is 1. The summed E-state index contributed by atoms with van der Waals surface area (Å²) in [4.78, 5) is 7.17. The Labute approximate surface area is 127 Å². The zero-order valence-corrected chi connectivity index (χ0v) is 12.7. The van der Waals surface area contributed by atoms with E-state index in [-0.39, 0.29) is 0 Å². The minimum atomic E-state index is 0.883. The molecule has 3 aromatic rings. The molecular formula is C16H16N4S. The molecule has 0 atom stereocenters. The van der Waals surface area contributed by atoms with Gasteiger partial charge in [0, 0.05) is 36.4 Å². The van der Waals surface area contributed by atoms with Crippen molar-refractivity contribution in [2.45, 2.75) is 13.0 Å². The molecule has 0 spiro atoms. The van der Waals surface area contributed by atoms with E-state index in [9.17, 15) is 0 Å². The molecule has 1 aromatic carbocycles. The van der Waals surface area contributed by atoms with Crippen LogP contribution in [0.4, 0.5) is 5.69 Å². The summed E-state index contributed by atoms with van der Waals surface area (Å²) < 4.78 is 1.81. The summed E-state index contributed by atoms with van der Waals surface area (Å²) >= 11 is 1.69. The molecule has 0 fully saturated rings. The number of fused-ring (bicyclic) bond motifs is 1. The van der Waals surface area contributed by atoms with Crippen molar-refractivity contribution in [1.82, 2.24) is 14.8 Å². The first-order valence-corrected chi connectivity index (χ1v) is 7.94. The summed E-state index contributed by atoms with van der Waals surface area (Å²) in [6, 6.07) is 8.65. The van der Waals surface area contributed by atoms with E-state index in [2.05, 4.69) is 39.6 Å². The van der Waals surface area contributed by atoms with Gasteiger partial charge >= 0.3 is 0 Å². The highest BCUT2D eigenvalue weighted by Crippen LogP contribution is 2.30. The molecule has 2 aromatic heterocycles. The number of rotatable bonds is 3. The first kappa shape index (κ1) is 12.6. The number of hydrogen-bond acceptors (Lipinski definition) is 4. The molecule has 0 bridgehead atoms. The quantitative estimate of drug-likeness (QED) is 0.745. The van der Waals surface area contributed by atoms with Crippen molar-refractivity contribution in [2.24, 2.45) is 7.05 Å². The average Bonchev–Trinajstić information content (AvgIpc) is 3.20. The van der Waals surface area contributed by atoms with Gasteiger partial charge in [-0.15, -0.1) is 11.3 Å². The van der Waals surface area contributed by atoms with Crippen molar-refractivity contribution >= 4 is 17.0 Å². The van der Waals surface area contributed by atoms with Crippen LogP contribution < -0.4 is 4.90 Å². The fourth-order valence-corrected chi connectivity index (χ4v) is 3.60. The molecule has 106 valence electrons. The van der Waals surface area contributed by atoms with Gasteiger partial charge in [0.25, 0.3) is 0 Å². The highest BCUT2D eigenvalue weighted by molar-refractivity contribution is 7.13. The number of aromatic nitrogens is 3. The van der Waals surface area contributed by atoms with E-state index in [1.165, 1.54) is 11.3 Å². The van der Waals surface area contributed by atoms with Gasteiger partial charge in [0.15, 0.2) is 0 Å². The first-order valence-electron chi connectivity index (χ1n) is 7.06. The molecule has 1 aliphatic heterocycles. The second-order valence-corrected chi connectivity index (χ2v) is 6.21. The molecule has 4 nitrogen and oxygen atoms in total. The average molecular weight is 296 g/mol. The predicted octanol–water partition coefficient (Wildman–Crippen LogP) is 3.11. The Bertz CT molecular complexity index is 774. The fourth-order valence-electron chi connectivity index (χ4n) is 2.81. The van der Waals surface area contributed by atoms with Crippen molar-refractivity contribution in [3.8, 4) is 10.6 Å². The van der Waals surface area contributed by atoms with Gasteiger partial charge < -0.3 is 4.90 Å². The molecule has 21 heavy (non-hydrogen) atoms. The van der Waals surface area contributed by atoms with Gasteiger partial charge in [0.05, 0.1) is 18.4 Å². The van der Waals surface area contributed by atoms with Crippen LogP contribution in [0.25, 0.3) is 10.6 Å². The lowest BCUT2D eigenvalue weighted by Crippen LogP contribution is -2.19. The van der Waals surface area contributed by atoms with Gasteiger partial charge in [-0.05, 0) is 18.1 Å². The predicted molar refractivity (Wildman–Crippen MR) is 85.5 cm³/mol. The van der Waals surface area contributed by atoms with Crippen LogP contribution in [0.2, 0.25) is 0 Å². The van der Waals surface area contributed by atoms with Crippen molar-refractivity contribution in [2.75, 3.05) is 11.4 Å². The molecule has 0 N–H and O–H groups in total. The number of nitrogens with zero attached hydrogens (tertiary/aromatic N) is 4. The van der Waals surface area contributed by atoms with E-state index in [0.29, 0.717) is 0 Å². The Kier molecular flexibility index (Phi) is 3.00. The molecule has 0 amide bonds. The molecule has 0 aliphatic carbocycles. The lowest BCUT2D eigenvalue weighted by atomic mass is 10.2. The van der Waals surface area contributed by atoms with Gasteiger partial charge in [0.2, 0.25) is 0 Å². The van der Waals surface area contributed by atoms with E-state index >= 15 is 0 Å². The van der Waals surface area contributed by atoms with Crippen LogP contribution in [0.1, 0.15) is 11.3 Å². The topological polar surface area (TPSA) is 34.0 Å². The second kappa shape index (κ2) is 5.00. The maximum absolute atomic E-state index is 4.75. The summed E-state index contributed by atoms with van der Waals surface area (Å²) in [6.07, 6.45) is 5.01. The van der Waals surface area contributed by atoms with Gasteiger partial charge in [-0.2, -0.15) is 5.10 Å². The molecule has 0 unspecified atom stereocenters. The monoisotopic (exact) mass is 296 g/mol. The molecule has 3 heterocycles. The van der Waals surface area contributed by atoms with E-state index in [1.807, 2.05) is 24.1 Å². The van der Waals surface area contributed by atoms with Crippen LogP contribution in [-0.4, -0.2) is 21.3 Å². The summed E-state index contributed by atoms with van der Waals surface area (Å²) in [5.74, 6) is 0. The lowest BCUT2D eigenvalue weighted by Gasteiger charge is -2.17. The minimum absolute atomic E-state index is 0.883. The van der Waals surface area contributed by atoms with Crippen LogP contribution >= 0.6 is 11.3 Å². The van der Waals surface area contributed by atoms with Crippen LogP contribution in [0.5, 0.6) is 0 Å². The maximum Gasteiger partial charge on any atom is 0.126 e. The molecule has 0 saturated heterocycles. The molecule has 4 rings (SSSR count). The zero-order valence-electron chi connectivity index (χ0n) is 11.9. The first-order chi connectivity index (χ1) is 10.3. The van der Waals surface area contributed by atoms with Gasteiger partial charge in [-0.1, -0.05) is 18.2 Å². The largest absolute Gasteiger partial charge is 0.365 e. The molecule has 0 radical (unpaired) electrons. The number of para-hydroxylation sites is 1. The van der Waals surface area contributed by atoms with Gasteiger partial charge in [0.1, 0.15) is 5.01 Å². The lowest BCUT2D eigenvalue weighted by molar-refractivity contribution is 0.768. The number of anilines is 1. The third-order valence-electron chi connectivity index (χ3n) is 3.84. The van der Waals surface area contributed by atoms with Crippen LogP contribution in [-0.2, 0) is 20.0 Å². The SMILES string of the molecule is Cn1cc(-c2nc(CN3CCc4ccccc43)cs2)cn1. The Morgan fingerprint density at radius 3 is 3.05 bits per heavy atom. The zero-order chi connectivity index (χ0) is 14.2. The molecule has 0 saturated carbocycles. The smallest absolute Gasteiger partial charge is 0.126 e. The summed E-state index contributed by atoms with van der Waals surface area (Å²) in [7, 11) is 1.93. The number of hydrogen-bond donors (Lipinski definition) is 0. The standard InChI is InChI=1S/C16H16N4S/c1-19-9-13(8-17-19)16-18-14(11-21-16)10-20-7-6-12-4-2-3-5-15(12)20/h2-5,8-9,11H,6-7,10H2,1H3. The number of thiazole rings is 1. The normalized spacial score (nSPS) is 13.7. The Morgan fingerprint density at radius 1 is 1.29 bits per heavy atom. The molecular weight excluding hydrogens is 280 g/mol. The van der Waals surface area contributed by atoms with Crippen molar-refractivity contribution in [1.29, 1.82) is 0 Å². The van der Waals surface area contributed by atoms with Crippen LogP contribution in [0.3, 0.4) is 0 Å². The maximum atomic E-state index is 4.75. The molecule has 1 aliphatic rings. The number of aryl methyl sites for hydroxylation is 1. The highest BCUT2D eigenvalue weighted by Gasteiger charge is 2.19. The summed E-state index contributed by atoms with van der Waals surface area (Å²) in [5, 5.41) is 7.41. The van der Waals surface area contributed by atoms with Gasteiger partial charge in [-0.3, -0.25) is 4.68 Å². The fraction of sp³-hybridized carbons (Fsp3) is 0.250. The summed E-state index contributed by atoms with van der Waals surface area (Å²) in [5.41, 5.74) is 5.03. The Morgan fingerprint density at radius 2 is 2.19 bits per heavy atom. The molecule has 5 heteroatoms. The van der Waals surface area contributed by atoms with E-state index in [0.717, 1.165) is 35.8 Å². The van der Waals surface area contributed by atoms with E-state index in [1.54, 1.807) is 11.3 Å². The second-order valence-electron chi connectivity index (χ2n) is 5.35. The highest BCUT2D eigenvalue weighted by atomic mass is 32.1. The third-order valence-corrected chi connectivity index (χ3v) is 4.78. The van der Waals surface area contributed by atoms with Crippen molar-refractivity contribution in [3.05, 3.63) is 53.3 Å². The van der Waals surface area contributed by atoms with E-state index in [4.69, 9.17) is 4.98 Å². The van der Waals surface area contributed by atoms with E-state index < -0.39 is 0 Å². The Balaban J connectivity index is 1.55. The van der Waals surface area contributed by atoms with Crippen LogP contribution in [0.15, 0.2) is 42.0 Å². The van der Waals surface area contributed by atoms with Crippen LogP contribution in [0, 0.1) is 0 Å². The summed E-state index contributed by atoms with van der Waals surface area (Å²) in [6.45, 7) is 1.97. The van der Waals surface area contributed by atoms with Gasteiger partial charge in [-0.25, -0.2) is 4.98 Å². The van der Waals surface area contributed by atoms with Crippen molar-refractivity contribution < 1.29 is 0 Å². The Hall–Kier alpha value is -2.14. The third kappa shape index (κ3) is 2.34. The minimum Gasteiger partial charge on any atom is -0.365 e. The van der Waals surface area contributed by atoms with Crippen molar-refractivity contribution in [3.63, 3.8) is 0 Å².